The smallest absolute Gasteiger partial charge is 0.404 e. The highest BCUT2D eigenvalue weighted by atomic mass is 35.5. The number of piperazine rings is 1. The highest BCUT2D eigenvalue weighted by molar-refractivity contribution is 5.85. The monoisotopic (exact) mass is 323 g/mol. The molecule has 1 atom stereocenters. The Morgan fingerprint density at radius 1 is 1.45 bits per heavy atom. The maximum absolute atomic E-state index is 10.6. The van der Waals surface area contributed by atoms with Gasteiger partial charge in [-0.25, -0.2) is 0 Å². The molecule has 0 aliphatic carbocycles. The normalized spacial score (nSPS) is 16.6. The molecular weight excluding hydrogens is 305 g/mol. The van der Waals surface area contributed by atoms with Crippen molar-refractivity contribution in [3.63, 3.8) is 0 Å². The van der Waals surface area contributed by atoms with E-state index in [2.05, 4.69) is 16.8 Å². The fraction of sp³-hybridized carbons (Fsp3) is 0.500. The number of nitrogens with one attached hydrogen (secondary N) is 1. The minimum absolute atomic E-state index is 0. The Labute approximate surface area is 130 Å². The first-order valence-electron chi connectivity index (χ1n) is 6.02. The van der Waals surface area contributed by atoms with Crippen LogP contribution in [0.25, 0.3) is 0 Å². The van der Waals surface area contributed by atoms with Crippen LogP contribution in [-0.2, 0) is 0 Å². The van der Waals surface area contributed by atoms with Crippen LogP contribution in [-0.4, -0.2) is 36.0 Å². The Morgan fingerprint density at radius 2 is 2.10 bits per heavy atom. The summed E-state index contributed by atoms with van der Waals surface area (Å²) in [5.74, 6) is 0.442. The molecule has 0 radical (unpaired) electrons. The Bertz CT molecular complexity index is 433. The molecule has 1 saturated heterocycles. The summed E-state index contributed by atoms with van der Waals surface area (Å²) in [6.45, 7) is 7.42. The van der Waals surface area contributed by atoms with Crippen molar-refractivity contribution in [2.45, 2.75) is 12.5 Å². The summed E-state index contributed by atoms with van der Waals surface area (Å²) in [6, 6.07) is 3.14. The van der Waals surface area contributed by atoms with Gasteiger partial charge in [-0.05, 0) is 12.5 Å². The van der Waals surface area contributed by atoms with Gasteiger partial charge in [0.05, 0.1) is 12.1 Å². The quantitative estimate of drug-likeness (QED) is 0.512. The Balaban J connectivity index is 0.00000180. The minimum atomic E-state index is -0.508. The molecular formula is C12H19Cl2N3O3. The summed E-state index contributed by atoms with van der Waals surface area (Å²) in [5.41, 5.74) is 0. The van der Waals surface area contributed by atoms with Crippen molar-refractivity contribution in [3.05, 3.63) is 40.7 Å². The van der Waals surface area contributed by atoms with Crippen LogP contribution in [0.1, 0.15) is 18.2 Å². The number of furan rings is 1. The molecule has 0 saturated carbocycles. The summed E-state index contributed by atoms with van der Waals surface area (Å²) in [7, 11) is 0. The summed E-state index contributed by atoms with van der Waals surface area (Å²) in [5, 5.41) is 13.9. The van der Waals surface area contributed by atoms with E-state index in [1.54, 1.807) is 6.07 Å². The fourth-order valence-electron chi connectivity index (χ4n) is 2.22. The van der Waals surface area contributed by atoms with Crippen molar-refractivity contribution in [2.24, 2.45) is 0 Å². The SMILES string of the molecule is C=CC[C@@H](c1ccc([N+](=O)[O-])o1)N1CCNCC1.Cl.Cl. The number of hydrogen-bond donors (Lipinski definition) is 1. The van der Waals surface area contributed by atoms with Gasteiger partial charge in [0.15, 0.2) is 0 Å². The van der Waals surface area contributed by atoms with E-state index in [0.717, 1.165) is 32.6 Å². The largest absolute Gasteiger partial charge is 0.433 e. The highest BCUT2D eigenvalue weighted by Gasteiger charge is 2.25. The van der Waals surface area contributed by atoms with Gasteiger partial charge in [-0.2, -0.15) is 0 Å². The van der Waals surface area contributed by atoms with Crippen molar-refractivity contribution in [1.29, 1.82) is 0 Å². The lowest BCUT2D eigenvalue weighted by Gasteiger charge is -2.33. The molecule has 1 fully saturated rings. The Hall–Kier alpha value is -1.08. The molecule has 2 heterocycles. The van der Waals surface area contributed by atoms with E-state index in [0.29, 0.717) is 5.76 Å². The van der Waals surface area contributed by atoms with Crippen LogP contribution < -0.4 is 5.32 Å². The Morgan fingerprint density at radius 3 is 2.60 bits per heavy atom. The molecule has 0 aromatic carbocycles. The van der Waals surface area contributed by atoms with Crippen LogP contribution in [0.5, 0.6) is 0 Å². The molecule has 0 amide bonds. The van der Waals surface area contributed by atoms with E-state index in [9.17, 15) is 10.1 Å². The topological polar surface area (TPSA) is 71.5 Å². The van der Waals surface area contributed by atoms with Gasteiger partial charge in [-0.1, -0.05) is 6.08 Å². The molecule has 0 spiro atoms. The molecule has 6 nitrogen and oxygen atoms in total. The first-order chi connectivity index (χ1) is 8.72. The van der Waals surface area contributed by atoms with Crippen molar-refractivity contribution in [1.82, 2.24) is 10.2 Å². The molecule has 114 valence electrons. The molecule has 2 rings (SSSR count). The molecule has 1 N–H and O–H groups in total. The average Bonchev–Trinajstić information content (AvgIpc) is 2.86. The van der Waals surface area contributed by atoms with Gasteiger partial charge < -0.3 is 9.73 Å². The molecule has 0 bridgehead atoms. The van der Waals surface area contributed by atoms with Crippen LogP contribution in [0, 0.1) is 10.1 Å². The zero-order valence-electron chi connectivity index (χ0n) is 11.0. The maximum atomic E-state index is 10.6. The third-order valence-electron chi connectivity index (χ3n) is 3.10. The maximum Gasteiger partial charge on any atom is 0.433 e. The molecule has 1 aliphatic rings. The summed E-state index contributed by atoms with van der Waals surface area (Å²) in [6.07, 6.45) is 2.55. The summed E-state index contributed by atoms with van der Waals surface area (Å²) >= 11 is 0. The third-order valence-corrected chi connectivity index (χ3v) is 3.10. The van der Waals surface area contributed by atoms with Gasteiger partial charge in [-0.15, -0.1) is 31.4 Å². The number of nitrogens with zero attached hydrogens (tertiary/aromatic N) is 2. The standard InChI is InChI=1S/C12H17N3O3.2ClH/c1-2-3-10(14-8-6-13-7-9-14)11-4-5-12(18-11)15(16)17;;/h2,4-5,10,13H,1,3,6-9H2;2*1H/t10-;;/m0../s1. The van der Waals surface area contributed by atoms with Gasteiger partial charge in [-0.3, -0.25) is 15.0 Å². The van der Waals surface area contributed by atoms with Crippen LogP contribution in [0.3, 0.4) is 0 Å². The molecule has 20 heavy (non-hydrogen) atoms. The fourth-order valence-corrected chi connectivity index (χ4v) is 2.22. The molecule has 1 aliphatic heterocycles. The summed E-state index contributed by atoms with van der Waals surface area (Å²) in [4.78, 5) is 12.4. The van der Waals surface area contributed by atoms with Crippen molar-refractivity contribution in [3.8, 4) is 0 Å². The predicted octanol–water partition coefficient (Wildman–Crippen LogP) is 2.55. The van der Waals surface area contributed by atoms with Crippen LogP contribution in [0.4, 0.5) is 5.88 Å². The number of rotatable bonds is 5. The van der Waals surface area contributed by atoms with Gasteiger partial charge in [0, 0.05) is 26.2 Å². The van der Waals surface area contributed by atoms with Gasteiger partial charge in [0.25, 0.3) is 0 Å². The molecule has 8 heteroatoms. The molecule has 1 aromatic rings. The predicted molar refractivity (Wildman–Crippen MR) is 81.9 cm³/mol. The second-order valence-corrected chi connectivity index (χ2v) is 4.26. The number of nitro groups is 1. The van der Waals surface area contributed by atoms with E-state index in [1.165, 1.54) is 6.07 Å². The number of hydrogen-bond acceptors (Lipinski definition) is 5. The van der Waals surface area contributed by atoms with E-state index in [-0.39, 0.29) is 36.7 Å². The van der Waals surface area contributed by atoms with E-state index < -0.39 is 4.92 Å². The molecule has 1 aromatic heterocycles. The Kier molecular flexibility index (Phi) is 8.48. The third kappa shape index (κ3) is 4.49. The van der Waals surface area contributed by atoms with Gasteiger partial charge >= 0.3 is 5.88 Å². The summed E-state index contributed by atoms with van der Waals surface area (Å²) < 4.78 is 5.30. The van der Waals surface area contributed by atoms with Gasteiger partial charge in [0.2, 0.25) is 0 Å². The van der Waals surface area contributed by atoms with Crippen molar-refractivity contribution >= 4 is 30.7 Å². The van der Waals surface area contributed by atoms with Crippen molar-refractivity contribution in [2.75, 3.05) is 26.2 Å². The highest BCUT2D eigenvalue weighted by Crippen LogP contribution is 2.29. The van der Waals surface area contributed by atoms with Crippen LogP contribution >= 0.6 is 24.8 Å². The van der Waals surface area contributed by atoms with E-state index in [1.807, 2.05) is 6.08 Å². The lowest BCUT2D eigenvalue weighted by atomic mass is 10.1. The zero-order chi connectivity index (χ0) is 13.0. The minimum Gasteiger partial charge on any atom is -0.404 e. The second kappa shape index (κ2) is 8.97. The van der Waals surface area contributed by atoms with Crippen LogP contribution in [0.2, 0.25) is 0 Å². The molecule has 0 unspecified atom stereocenters. The first kappa shape index (κ1) is 18.9. The van der Waals surface area contributed by atoms with Crippen molar-refractivity contribution < 1.29 is 9.34 Å². The zero-order valence-corrected chi connectivity index (χ0v) is 12.6. The average molecular weight is 324 g/mol. The van der Waals surface area contributed by atoms with Crippen LogP contribution in [0.15, 0.2) is 29.2 Å². The lowest BCUT2D eigenvalue weighted by molar-refractivity contribution is -0.402. The first-order valence-corrected chi connectivity index (χ1v) is 6.02. The lowest BCUT2D eigenvalue weighted by Crippen LogP contribution is -2.45. The number of halogens is 2. The van der Waals surface area contributed by atoms with E-state index >= 15 is 0 Å². The second-order valence-electron chi connectivity index (χ2n) is 4.26. The van der Waals surface area contributed by atoms with Gasteiger partial charge in [0.1, 0.15) is 10.7 Å². The van der Waals surface area contributed by atoms with E-state index in [4.69, 9.17) is 4.42 Å².